The Labute approximate surface area is 164 Å². The second-order valence-electron chi connectivity index (χ2n) is 5.59. The zero-order chi connectivity index (χ0) is 17.8. The van der Waals surface area contributed by atoms with Crippen molar-refractivity contribution in [3.63, 3.8) is 0 Å². The minimum absolute atomic E-state index is 0.0147. The molecule has 6 heteroatoms. The number of aryl methyl sites for hydroxylation is 1. The molecule has 3 nitrogen and oxygen atoms in total. The third kappa shape index (κ3) is 4.71. The predicted octanol–water partition coefficient (Wildman–Crippen LogP) is 5.92. The van der Waals surface area contributed by atoms with Crippen molar-refractivity contribution in [1.29, 1.82) is 0 Å². The fraction of sp³-hybridized carbons (Fsp3) is 0.158. The molecule has 1 aromatic heterocycles. The van der Waals surface area contributed by atoms with Gasteiger partial charge in [0, 0.05) is 21.1 Å². The molecular formula is C19H17BrN2OS2. The van der Waals surface area contributed by atoms with Crippen LogP contribution in [0.3, 0.4) is 0 Å². The third-order valence-corrected chi connectivity index (χ3v) is 6.38. The van der Waals surface area contributed by atoms with Crippen molar-refractivity contribution in [3.8, 4) is 11.3 Å². The Morgan fingerprint density at radius 3 is 2.72 bits per heavy atom. The Kier molecular flexibility index (Phi) is 5.93. The molecule has 0 saturated heterocycles. The highest BCUT2D eigenvalue weighted by Crippen LogP contribution is 2.29. The van der Waals surface area contributed by atoms with Crippen LogP contribution in [0.2, 0.25) is 0 Å². The van der Waals surface area contributed by atoms with Gasteiger partial charge in [0.1, 0.15) is 0 Å². The summed E-state index contributed by atoms with van der Waals surface area (Å²) in [6, 6.07) is 14.0. The van der Waals surface area contributed by atoms with Crippen molar-refractivity contribution in [1.82, 2.24) is 4.98 Å². The molecule has 1 N–H and O–H groups in total. The quantitative estimate of drug-likeness (QED) is 0.508. The molecule has 128 valence electrons. The van der Waals surface area contributed by atoms with E-state index < -0.39 is 0 Å². The molecule has 0 aliphatic carbocycles. The number of carbonyl (C=O) groups excluding carboxylic acids is 1. The van der Waals surface area contributed by atoms with Crippen LogP contribution >= 0.6 is 39.0 Å². The van der Waals surface area contributed by atoms with Gasteiger partial charge in [-0.05, 0) is 43.2 Å². The van der Waals surface area contributed by atoms with Gasteiger partial charge in [0.2, 0.25) is 5.91 Å². The Morgan fingerprint density at radius 1 is 1.20 bits per heavy atom. The van der Waals surface area contributed by atoms with Gasteiger partial charge in [-0.15, -0.1) is 11.3 Å². The number of rotatable bonds is 5. The van der Waals surface area contributed by atoms with Gasteiger partial charge in [-0.3, -0.25) is 4.79 Å². The molecule has 0 spiro atoms. The average molecular weight is 433 g/mol. The Bertz CT molecular complexity index is 891. The number of hydrogen-bond acceptors (Lipinski definition) is 4. The lowest BCUT2D eigenvalue weighted by atomic mass is 10.1. The molecule has 0 fully saturated rings. The van der Waals surface area contributed by atoms with Crippen molar-refractivity contribution < 1.29 is 4.79 Å². The van der Waals surface area contributed by atoms with Crippen molar-refractivity contribution in [3.05, 3.63) is 63.4 Å². The zero-order valence-corrected chi connectivity index (χ0v) is 17.1. The molecule has 0 radical (unpaired) electrons. The lowest BCUT2D eigenvalue weighted by molar-refractivity contribution is -0.113. The van der Waals surface area contributed by atoms with Crippen LogP contribution < -0.4 is 5.32 Å². The maximum Gasteiger partial charge on any atom is 0.234 e. The van der Waals surface area contributed by atoms with Crippen molar-refractivity contribution in [2.45, 2.75) is 18.2 Å². The summed E-state index contributed by atoms with van der Waals surface area (Å²) in [7, 11) is 0. The summed E-state index contributed by atoms with van der Waals surface area (Å²) in [5.74, 6) is 0.333. The number of nitrogens with one attached hydrogen (secondary N) is 1. The maximum atomic E-state index is 12.2. The summed E-state index contributed by atoms with van der Waals surface area (Å²) in [5.41, 5.74) is 5.17. The molecule has 2 aromatic carbocycles. The number of benzene rings is 2. The lowest BCUT2D eigenvalue weighted by Gasteiger charge is -2.09. The van der Waals surface area contributed by atoms with Gasteiger partial charge in [-0.25, -0.2) is 4.98 Å². The minimum atomic E-state index is -0.0147. The van der Waals surface area contributed by atoms with Crippen LogP contribution in [-0.2, 0) is 4.79 Å². The molecule has 3 aromatic rings. The monoisotopic (exact) mass is 432 g/mol. The number of amides is 1. The molecule has 0 saturated carbocycles. The topological polar surface area (TPSA) is 42.0 Å². The zero-order valence-electron chi connectivity index (χ0n) is 13.9. The van der Waals surface area contributed by atoms with Gasteiger partial charge in [-0.2, -0.15) is 0 Å². The van der Waals surface area contributed by atoms with Crippen molar-refractivity contribution in [2.24, 2.45) is 0 Å². The van der Waals surface area contributed by atoms with E-state index in [2.05, 4.69) is 26.2 Å². The first-order valence-electron chi connectivity index (χ1n) is 7.73. The molecule has 1 heterocycles. The minimum Gasteiger partial charge on any atom is -0.325 e. The SMILES string of the molecule is Cc1cccc(NC(=O)CSc2nc(-c3ccc(Br)cc3)cs2)c1C. The second-order valence-corrected chi connectivity index (χ2v) is 8.59. The summed E-state index contributed by atoms with van der Waals surface area (Å²) < 4.78 is 1.94. The predicted molar refractivity (Wildman–Crippen MR) is 111 cm³/mol. The number of aromatic nitrogens is 1. The molecule has 0 atom stereocenters. The summed E-state index contributed by atoms with van der Waals surface area (Å²) in [5, 5.41) is 5.00. The second kappa shape index (κ2) is 8.17. The van der Waals surface area contributed by atoms with Gasteiger partial charge < -0.3 is 5.32 Å². The number of anilines is 1. The largest absolute Gasteiger partial charge is 0.325 e. The maximum absolute atomic E-state index is 12.2. The van der Waals surface area contributed by atoms with Crippen molar-refractivity contribution in [2.75, 3.05) is 11.1 Å². The molecule has 0 aliphatic rings. The normalized spacial score (nSPS) is 10.7. The summed E-state index contributed by atoms with van der Waals surface area (Å²) in [6.45, 7) is 4.06. The van der Waals surface area contributed by atoms with Crippen LogP contribution in [0.15, 0.2) is 56.7 Å². The van der Waals surface area contributed by atoms with E-state index in [1.807, 2.05) is 61.7 Å². The highest BCUT2D eigenvalue weighted by Gasteiger charge is 2.10. The van der Waals surface area contributed by atoms with E-state index in [-0.39, 0.29) is 5.91 Å². The standard InChI is InChI=1S/C19H17BrN2OS2/c1-12-4-3-5-16(13(12)2)21-18(23)11-25-19-22-17(10-24-19)14-6-8-15(20)9-7-14/h3-10H,11H2,1-2H3,(H,21,23). The number of carbonyl (C=O) groups is 1. The van der Waals surface area contributed by atoms with E-state index >= 15 is 0 Å². The van der Waals surface area contributed by atoms with Crippen LogP contribution in [0.25, 0.3) is 11.3 Å². The average Bonchev–Trinajstić information content (AvgIpc) is 3.07. The summed E-state index contributed by atoms with van der Waals surface area (Å²) in [4.78, 5) is 16.8. The fourth-order valence-electron chi connectivity index (χ4n) is 2.28. The van der Waals surface area contributed by atoms with Crippen molar-refractivity contribution >= 4 is 50.6 Å². The molecule has 1 amide bonds. The highest BCUT2D eigenvalue weighted by molar-refractivity contribution is 9.10. The van der Waals surface area contributed by atoms with Crippen LogP contribution in [-0.4, -0.2) is 16.6 Å². The van der Waals surface area contributed by atoms with E-state index in [1.165, 1.54) is 17.3 Å². The van der Waals surface area contributed by atoms with Crippen LogP contribution in [0.1, 0.15) is 11.1 Å². The van der Waals surface area contributed by atoms with Gasteiger partial charge in [-0.1, -0.05) is 52.0 Å². The highest BCUT2D eigenvalue weighted by atomic mass is 79.9. The summed E-state index contributed by atoms with van der Waals surface area (Å²) in [6.07, 6.45) is 0. The number of nitrogens with zero attached hydrogens (tertiary/aromatic N) is 1. The first-order chi connectivity index (χ1) is 12.0. The molecule has 0 aliphatic heterocycles. The Balaban J connectivity index is 1.59. The summed E-state index contributed by atoms with van der Waals surface area (Å²) >= 11 is 6.46. The Hall–Kier alpha value is -1.63. The van der Waals surface area contributed by atoms with Crippen LogP contribution in [0, 0.1) is 13.8 Å². The van der Waals surface area contributed by atoms with Gasteiger partial charge in [0.25, 0.3) is 0 Å². The van der Waals surface area contributed by atoms with E-state index in [0.717, 1.165) is 31.3 Å². The van der Waals surface area contributed by atoms with Crippen LogP contribution in [0.5, 0.6) is 0 Å². The number of halogens is 1. The van der Waals surface area contributed by atoms with E-state index in [0.29, 0.717) is 5.75 Å². The molecule has 0 bridgehead atoms. The lowest BCUT2D eigenvalue weighted by Crippen LogP contribution is -2.15. The van der Waals surface area contributed by atoms with Gasteiger partial charge >= 0.3 is 0 Å². The van der Waals surface area contributed by atoms with E-state index in [9.17, 15) is 4.79 Å². The first kappa shape index (κ1) is 18.2. The smallest absolute Gasteiger partial charge is 0.234 e. The van der Waals surface area contributed by atoms with Gasteiger partial charge in [0.15, 0.2) is 4.34 Å². The molecule has 0 unspecified atom stereocenters. The van der Waals surface area contributed by atoms with E-state index in [4.69, 9.17) is 0 Å². The van der Waals surface area contributed by atoms with E-state index in [1.54, 1.807) is 11.3 Å². The third-order valence-electron chi connectivity index (χ3n) is 3.83. The van der Waals surface area contributed by atoms with Gasteiger partial charge in [0.05, 0.1) is 11.4 Å². The van der Waals surface area contributed by atoms with Crippen LogP contribution in [0.4, 0.5) is 5.69 Å². The Morgan fingerprint density at radius 2 is 1.96 bits per heavy atom. The molecular weight excluding hydrogens is 416 g/mol. The molecule has 25 heavy (non-hydrogen) atoms. The number of hydrogen-bond donors (Lipinski definition) is 1. The molecule has 3 rings (SSSR count). The fourth-order valence-corrected chi connectivity index (χ4v) is 4.18. The number of thioether (sulfide) groups is 1. The first-order valence-corrected chi connectivity index (χ1v) is 10.4. The number of thiazole rings is 1.